The van der Waals surface area contributed by atoms with E-state index in [4.69, 9.17) is 14.7 Å². The molecule has 0 radical (unpaired) electrons. The van der Waals surface area contributed by atoms with Crippen LogP contribution in [0.2, 0.25) is 0 Å². The first-order valence-corrected chi connectivity index (χ1v) is 6.75. The van der Waals surface area contributed by atoms with Crippen molar-refractivity contribution in [3.05, 3.63) is 48.2 Å². The van der Waals surface area contributed by atoms with Gasteiger partial charge < -0.3 is 14.7 Å². The summed E-state index contributed by atoms with van der Waals surface area (Å²) in [5, 5.41) is 3.84. The molecule has 2 heterocycles. The number of hydrogen-bond donors (Lipinski definition) is 1. The van der Waals surface area contributed by atoms with Crippen LogP contribution in [0, 0.1) is 5.82 Å². The fourth-order valence-corrected chi connectivity index (χ4v) is 2.32. The molecule has 1 aromatic carbocycles. The molecule has 20 heavy (non-hydrogen) atoms. The third-order valence-electron chi connectivity index (χ3n) is 2.54. The summed E-state index contributed by atoms with van der Waals surface area (Å²) in [5.41, 5.74) is 5.55. The first-order chi connectivity index (χ1) is 9.72. The molecule has 5 nitrogen and oxygen atoms in total. The van der Waals surface area contributed by atoms with E-state index in [0.717, 1.165) is 4.90 Å². The van der Waals surface area contributed by atoms with Crippen molar-refractivity contribution in [3.8, 4) is 11.7 Å². The van der Waals surface area contributed by atoms with Crippen molar-refractivity contribution in [3.63, 3.8) is 0 Å². The molecule has 0 fully saturated rings. The van der Waals surface area contributed by atoms with Gasteiger partial charge in [-0.05, 0) is 30.3 Å². The highest BCUT2D eigenvalue weighted by Gasteiger charge is 2.11. The van der Waals surface area contributed by atoms with E-state index in [9.17, 15) is 4.39 Å². The van der Waals surface area contributed by atoms with Crippen molar-refractivity contribution in [2.45, 2.75) is 10.6 Å². The second kappa shape index (κ2) is 5.38. The van der Waals surface area contributed by atoms with Gasteiger partial charge in [-0.3, -0.25) is 0 Å². The maximum absolute atomic E-state index is 13.3. The summed E-state index contributed by atoms with van der Waals surface area (Å²) in [4.78, 5) is 4.95. The molecular formula is C13H10FN3O2S. The Morgan fingerprint density at radius 2 is 2.20 bits per heavy atom. The standard InChI is InChI=1S/C13H10FN3O2S/c14-9-6-8(3-4-10(9)15)20-7-12-16-13(19-17-12)11-2-1-5-18-11/h1-6H,7,15H2. The number of nitrogens with two attached hydrogens (primary N) is 1. The van der Waals surface area contributed by atoms with E-state index >= 15 is 0 Å². The van der Waals surface area contributed by atoms with Gasteiger partial charge in [-0.25, -0.2) is 4.39 Å². The molecule has 0 saturated heterocycles. The fourth-order valence-electron chi connectivity index (χ4n) is 1.56. The molecule has 3 rings (SSSR count). The second-order valence-electron chi connectivity index (χ2n) is 3.97. The summed E-state index contributed by atoms with van der Waals surface area (Å²) >= 11 is 1.40. The highest BCUT2D eigenvalue weighted by molar-refractivity contribution is 7.98. The average Bonchev–Trinajstić information content (AvgIpc) is 3.09. The van der Waals surface area contributed by atoms with Crippen molar-refractivity contribution in [2.24, 2.45) is 0 Å². The number of halogens is 1. The summed E-state index contributed by atoms with van der Waals surface area (Å²) in [6.07, 6.45) is 1.53. The second-order valence-corrected chi connectivity index (χ2v) is 5.01. The van der Waals surface area contributed by atoms with Crippen LogP contribution in [0.5, 0.6) is 0 Å². The van der Waals surface area contributed by atoms with Crippen LogP contribution in [0.4, 0.5) is 10.1 Å². The van der Waals surface area contributed by atoms with Gasteiger partial charge in [0.25, 0.3) is 5.89 Å². The van der Waals surface area contributed by atoms with E-state index in [0.29, 0.717) is 23.2 Å². The number of aromatic nitrogens is 2. The van der Waals surface area contributed by atoms with Crippen LogP contribution in [-0.2, 0) is 5.75 Å². The lowest BCUT2D eigenvalue weighted by atomic mass is 10.3. The third kappa shape index (κ3) is 2.67. The van der Waals surface area contributed by atoms with Gasteiger partial charge in [-0.15, -0.1) is 11.8 Å². The molecule has 2 aromatic heterocycles. The van der Waals surface area contributed by atoms with Gasteiger partial charge in [0.05, 0.1) is 17.7 Å². The third-order valence-corrected chi connectivity index (χ3v) is 3.53. The Kier molecular flexibility index (Phi) is 3.42. The molecule has 0 spiro atoms. The predicted octanol–water partition coefficient (Wildman–Crippen LogP) is 3.34. The molecule has 0 amide bonds. The molecule has 0 aliphatic rings. The predicted molar refractivity (Wildman–Crippen MR) is 72.4 cm³/mol. The number of thioether (sulfide) groups is 1. The number of nitrogen functional groups attached to an aromatic ring is 1. The minimum Gasteiger partial charge on any atom is -0.459 e. The van der Waals surface area contributed by atoms with Crippen molar-refractivity contribution in [2.75, 3.05) is 5.73 Å². The summed E-state index contributed by atoms with van der Waals surface area (Å²) in [6, 6.07) is 8.14. The van der Waals surface area contributed by atoms with Crippen LogP contribution < -0.4 is 5.73 Å². The average molecular weight is 291 g/mol. The Hall–Kier alpha value is -2.28. The maximum atomic E-state index is 13.3. The number of benzene rings is 1. The number of furan rings is 1. The summed E-state index contributed by atoms with van der Waals surface area (Å²) in [7, 11) is 0. The zero-order chi connectivity index (χ0) is 13.9. The molecule has 0 aliphatic heterocycles. The summed E-state index contributed by atoms with van der Waals surface area (Å²) < 4.78 is 23.5. The van der Waals surface area contributed by atoms with Crippen LogP contribution in [0.3, 0.4) is 0 Å². The summed E-state index contributed by atoms with van der Waals surface area (Å²) in [5.74, 6) is 1.40. The van der Waals surface area contributed by atoms with Gasteiger partial charge in [0.2, 0.25) is 0 Å². The molecule has 102 valence electrons. The smallest absolute Gasteiger partial charge is 0.293 e. The van der Waals surface area contributed by atoms with E-state index in [2.05, 4.69) is 10.1 Å². The lowest BCUT2D eigenvalue weighted by Gasteiger charge is -2.00. The Bertz CT molecular complexity index is 712. The zero-order valence-electron chi connectivity index (χ0n) is 10.2. The van der Waals surface area contributed by atoms with E-state index < -0.39 is 5.82 Å². The molecule has 0 unspecified atom stereocenters. The molecular weight excluding hydrogens is 281 g/mol. The molecule has 0 saturated carbocycles. The lowest BCUT2D eigenvalue weighted by molar-refractivity contribution is 0.411. The van der Waals surface area contributed by atoms with Crippen LogP contribution >= 0.6 is 11.8 Å². The van der Waals surface area contributed by atoms with E-state index in [1.807, 2.05) is 0 Å². The Morgan fingerprint density at radius 1 is 1.30 bits per heavy atom. The quantitative estimate of drug-likeness (QED) is 0.586. The highest BCUT2D eigenvalue weighted by atomic mass is 32.2. The number of hydrogen-bond acceptors (Lipinski definition) is 6. The minimum atomic E-state index is -0.431. The Balaban J connectivity index is 1.68. The largest absolute Gasteiger partial charge is 0.459 e. The topological polar surface area (TPSA) is 78.1 Å². The van der Waals surface area contributed by atoms with Crippen molar-refractivity contribution in [1.82, 2.24) is 10.1 Å². The number of nitrogens with zero attached hydrogens (tertiary/aromatic N) is 2. The maximum Gasteiger partial charge on any atom is 0.293 e. The van der Waals surface area contributed by atoms with Crippen LogP contribution in [0.15, 0.2) is 50.4 Å². The highest BCUT2D eigenvalue weighted by Crippen LogP contribution is 2.25. The van der Waals surface area contributed by atoms with Crippen LogP contribution in [-0.4, -0.2) is 10.1 Å². The van der Waals surface area contributed by atoms with Crippen molar-refractivity contribution >= 4 is 17.4 Å². The van der Waals surface area contributed by atoms with Crippen molar-refractivity contribution in [1.29, 1.82) is 0 Å². The summed E-state index contributed by atoms with van der Waals surface area (Å²) in [6.45, 7) is 0. The van der Waals surface area contributed by atoms with Gasteiger partial charge in [0.1, 0.15) is 5.82 Å². The Morgan fingerprint density at radius 3 is 2.95 bits per heavy atom. The first kappa shape index (κ1) is 12.7. The normalized spacial score (nSPS) is 10.8. The molecule has 0 bridgehead atoms. The monoisotopic (exact) mass is 291 g/mol. The molecule has 0 atom stereocenters. The zero-order valence-corrected chi connectivity index (χ0v) is 11.1. The van der Waals surface area contributed by atoms with Crippen LogP contribution in [0.25, 0.3) is 11.7 Å². The molecule has 7 heteroatoms. The molecule has 3 aromatic rings. The van der Waals surface area contributed by atoms with Gasteiger partial charge in [-0.2, -0.15) is 4.98 Å². The van der Waals surface area contributed by atoms with Crippen molar-refractivity contribution < 1.29 is 13.3 Å². The number of rotatable bonds is 4. The SMILES string of the molecule is Nc1ccc(SCc2noc(-c3ccco3)n2)cc1F. The van der Waals surface area contributed by atoms with Crippen LogP contribution in [0.1, 0.15) is 5.82 Å². The van der Waals surface area contributed by atoms with E-state index in [1.54, 1.807) is 18.2 Å². The van der Waals surface area contributed by atoms with E-state index in [1.165, 1.54) is 30.2 Å². The molecule has 2 N–H and O–H groups in total. The van der Waals surface area contributed by atoms with Gasteiger partial charge >= 0.3 is 0 Å². The Labute approximate surface area is 118 Å². The fraction of sp³-hybridized carbons (Fsp3) is 0.0769. The lowest BCUT2D eigenvalue weighted by Crippen LogP contribution is -1.90. The first-order valence-electron chi connectivity index (χ1n) is 5.76. The van der Waals surface area contributed by atoms with Gasteiger partial charge in [0, 0.05) is 4.90 Å². The van der Waals surface area contributed by atoms with Gasteiger partial charge in [-0.1, -0.05) is 5.16 Å². The molecule has 0 aliphatic carbocycles. The van der Waals surface area contributed by atoms with E-state index in [-0.39, 0.29) is 5.69 Å². The minimum absolute atomic E-state index is 0.133. The van der Waals surface area contributed by atoms with Gasteiger partial charge in [0.15, 0.2) is 11.6 Å². The number of anilines is 1.